The summed E-state index contributed by atoms with van der Waals surface area (Å²) < 4.78 is 9.01. The molecule has 1 amide bonds. The van der Waals surface area contributed by atoms with Crippen LogP contribution in [0.25, 0.3) is 11.2 Å². The number of amides is 1. The lowest BCUT2D eigenvalue weighted by Crippen LogP contribution is -2.38. The van der Waals surface area contributed by atoms with Crippen LogP contribution < -0.4 is 21.3 Å². The molecule has 0 bridgehead atoms. The summed E-state index contributed by atoms with van der Waals surface area (Å²) in [5.74, 6) is 5.84. The first-order valence-electron chi connectivity index (χ1n) is 8.35. The van der Waals surface area contributed by atoms with E-state index in [-0.39, 0.29) is 36.8 Å². The van der Waals surface area contributed by atoms with Gasteiger partial charge in [0.1, 0.15) is 18.9 Å². The maximum atomic E-state index is 12.3. The highest BCUT2D eigenvalue weighted by Gasteiger charge is 2.15. The van der Waals surface area contributed by atoms with Crippen molar-refractivity contribution in [3.05, 3.63) is 51.7 Å². The van der Waals surface area contributed by atoms with E-state index in [1.165, 1.54) is 29.6 Å². The van der Waals surface area contributed by atoms with Crippen molar-refractivity contribution in [2.75, 3.05) is 13.2 Å². The fraction of sp³-hybridized carbons (Fsp3) is 0.278. The Hall–Kier alpha value is -3.87. The van der Waals surface area contributed by atoms with Gasteiger partial charge < -0.3 is 14.6 Å². The number of hydrogen-bond acceptors (Lipinski definition) is 6. The Kier molecular flexibility index (Phi) is 5.55. The summed E-state index contributed by atoms with van der Waals surface area (Å²) in [6.07, 6.45) is 4.59. The van der Waals surface area contributed by atoms with E-state index < -0.39 is 11.2 Å². The van der Waals surface area contributed by atoms with Gasteiger partial charge in [-0.15, -0.1) is 0 Å². The maximum Gasteiger partial charge on any atom is 0.332 e. The van der Waals surface area contributed by atoms with Gasteiger partial charge in [0.15, 0.2) is 11.2 Å². The van der Waals surface area contributed by atoms with Crippen LogP contribution in [0.15, 0.2) is 40.4 Å². The van der Waals surface area contributed by atoms with Crippen molar-refractivity contribution in [3.8, 4) is 17.6 Å². The second-order valence-electron chi connectivity index (χ2n) is 5.86. The van der Waals surface area contributed by atoms with Crippen LogP contribution in [-0.2, 0) is 25.4 Å². The number of imidazole rings is 1. The summed E-state index contributed by atoms with van der Waals surface area (Å²) >= 11 is 0. The van der Waals surface area contributed by atoms with Gasteiger partial charge in [-0.3, -0.25) is 23.7 Å². The molecule has 1 N–H and O–H groups in total. The fourth-order valence-corrected chi connectivity index (χ4v) is 2.54. The Bertz CT molecular complexity index is 1180. The monoisotopic (exact) mass is 382 g/mol. The molecule has 10 nitrogen and oxygen atoms in total. The molecule has 3 heterocycles. The lowest BCUT2D eigenvalue weighted by atomic mass is 10.4. The second kappa shape index (κ2) is 8.22. The molecule has 144 valence electrons. The molecule has 0 unspecified atom stereocenters. The number of fused-ring (bicyclic) bond motifs is 1. The third-order valence-electron chi connectivity index (χ3n) is 3.98. The van der Waals surface area contributed by atoms with Crippen molar-refractivity contribution >= 4 is 17.1 Å². The van der Waals surface area contributed by atoms with Gasteiger partial charge in [-0.05, 0) is 12.1 Å². The minimum absolute atomic E-state index is 0.113. The molecule has 0 aliphatic carbocycles. The molecule has 3 aromatic rings. The number of nitrogens with one attached hydrogen (secondary N) is 1. The summed E-state index contributed by atoms with van der Waals surface area (Å²) in [7, 11) is 2.90. The molecule has 3 rings (SSSR count). The number of aromatic nitrogens is 5. The number of ether oxygens (including phenoxy) is 1. The van der Waals surface area contributed by atoms with Crippen molar-refractivity contribution in [1.29, 1.82) is 0 Å². The minimum atomic E-state index is -0.504. The van der Waals surface area contributed by atoms with Crippen LogP contribution in [0.4, 0.5) is 0 Å². The molecule has 3 aromatic heterocycles. The average molecular weight is 382 g/mol. The molecule has 0 aromatic carbocycles. The highest BCUT2D eigenvalue weighted by atomic mass is 16.5. The Labute approximate surface area is 159 Å². The van der Waals surface area contributed by atoms with Gasteiger partial charge in [0, 0.05) is 20.3 Å². The first kappa shape index (κ1) is 18.9. The molecule has 10 heteroatoms. The van der Waals surface area contributed by atoms with Gasteiger partial charge in [-0.2, -0.15) is 0 Å². The molecule has 0 saturated carbocycles. The normalized spacial score (nSPS) is 10.4. The van der Waals surface area contributed by atoms with Crippen LogP contribution >= 0.6 is 0 Å². The molecule has 0 aliphatic heterocycles. The third-order valence-corrected chi connectivity index (χ3v) is 3.98. The molecule has 0 saturated heterocycles. The fourth-order valence-electron chi connectivity index (χ4n) is 2.54. The molecular formula is C18H18N6O4. The standard InChI is InChI=1S/C18H18N6O4/c1-22-16-15(17(26)23(2)18(22)27)24(12-21-16)11-14(25)20-8-3-4-9-28-13-6-5-7-19-10-13/h5-7,10,12H,8-9,11H2,1-2H3,(H,20,25). The van der Waals surface area contributed by atoms with Gasteiger partial charge >= 0.3 is 5.69 Å². The van der Waals surface area contributed by atoms with E-state index in [0.29, 0.717) is 5.75 Å². The molecule has 0 atom stereocenters. The number of carbonyl (C=O) groups excluding carboxylic acids is 1. The first-order chi connectivity index (χ1) is 13.5. The zero-order chi connectivity index (χ0) is 20.1. The third kappa shape index (κ3) is 3.93. The number of hydrogen-bond donors (Lipinski definition) is 1. The van der Waals surface area contributed by atoms with Crippen molar-refractivity contribution in [1.82, 2.24) is 29.0 Å². The van der Waals surface area contributed by atoms with Crippen LogP contribution in [-0.4, -0.2) is 42.7 Å². The molecular weight excluding hydrogens is 364 g/mol. The van der Waals surface area contributed by atoms with Crippen molar-refractivity contribution in [2.24, 2.45) is 14.1 Å². The topological polar surface area (TPSA) is 113 Å². The van der Waals surface area contributed by atoms with Crippen LogP contribution in [0.1, 0.15) is 0 Å². The van der Waals surface area contributed by atoms with Crippen LogP contribution in [0, 0.1) is 11.8 Å². The van der Waals surface area contributed by atoms with Crippen molar-refractivity contribution in [2.45, 2.75) is 6.54 Å². The summed E-state index contributed by atoms with van der Waals surface area (Å²) in [5.41, 5.74) is -0.560. The Balaban J connectivity index is 1.58. The van der Waals surface area contributed by atoms with Gasteiger partial charge in [-0.1, -0.05) is 11.8 Å². The zero-order valence-electron chi connectivity index (χ0n) is 15.4. The SMILES string of the molecule is Cn1c(=O)c2c(ncn2CC(=O)NCC#CCOc2cccnc2)n(C)c1=O. The summed E-state index contributed by atoms with van der Waals surface area (Å²) in [5, 5.41) is 2.64. The lowest BCUT2D eigenvalue weighted by molar-refractivity contribution is -0.121. The Morgan fingerprint density at radius 2 is 2.07 bits per heavy atom. The van der Waals surface area contributed by atoms with E-state index in [1.54, 1.807) is 24.5 Å². The zero-order valence-corrected chi connectivity index (χ0v) is 15.4. The largest absolute Gasteiger partial charge is 0.479 e. The summed E-state index contributed by atoms with van der Waals surface area (Å²) in [6, 6.07) is 3.53. The highest BCUT2D eigenvalue weighted by Crippen LogP contribution is 2.05. The van der Waals surface area contributed by atoms with E-state index in [1.807, 2.05) is 0 Å². The van der Waals surface area contributed by atoms with Gasteiger partial charge in [0.2, 0.25) is 5.91 Å². The summed E-state index contributed by atoms with van der Waals surface area (Å²) in [4.78, 5) is 44.4. The molecule has 0 fully saturated rings. The van der Waals surface area contributed by atoms with E-state index in [2.05, 4.69) is 27.1 Å². The highest BCUT2D eigenvalue weighted by molar-refractivity contribution is 5.79. The van der Waals surface area contributed by atoms with Crippen molar-refractivity contribution < 1.29 is 9.53 Å². The van der Waals surface area contributed by atoms with Crippen LogP contribution in [0.2, 0.25) is 0 Å². The number of pyridine rings is 1. The number of nitrogens with zero attached hydrogens (tertiary/aromatic N) is 5. The van der Waals surface area contributed by atoms with E-state index in [9.17, 15) is 14.4 Å². The number of aryl methyl sites for hydroxylation is 1. The number of rotatable bonds is 5. The summed E-state index contributed by atoms with van der Waals surface area (Å²) in [6.45, 7) is 0.202. The average Bonchev–Trinajstić information content (AvgIpc) is 3.11. The van der Waals surface area contributed by atoms with Gasteiger partial charge in [0.25, 0.3) is 5.56 Å². The molecule has 0 aliphatic rings. The van der Waals surface area contributed by atoms with E-state index >= 15 is 0 Å². The molecule has 0 spiro atoms. The predicted molar refractivity (Wildman–Crippen MR) is 101 cm³/mol. The molecule has 0 radical (unpaired) electrons. The smallest absolute Gasteiger partial charge is 0.332 e. The van der Waals surface area contributed by atoms with E-state index in [0.717, 1.165) is 4.57 Å². The second-order valence-corrected chi connectivity index (χ2v) is 5.86. The van der Waals surface area contributed by atoms with Crippen LogP contribution in [0.5, 0.6) is 5.75 Å². The van der Waals surface area contributed by atoms with E-state index in [4.69, 9.17) is 4.74 Å². The molecule has 28 heavy (non-hydrogen) atoms. The Morgan fingerprint density at radius 3 is 2.82 bits per heavy atom. The minimum Gasteiger partial charge on any atom is -0.479 e. The Morgan fingerprint density at radius 1 is 1.25 bits per heavy atom. The first-order valence-corrected chi connectivity index (χ1v) is 8.35. The quantitative estimate of drug-likeness (QED) is 0.568. The lowest BCUT2D eigenvalue weighted by Gasteiger charge is -2.06. The van der Waals surface area contributed by atoms with Gasteiger partial charge in [0.05, 0.1) is 19.1 Å². The van der Waals surface area contributed by atoms with Gasteiger partial charge in [-0.25, -0.2) is 9.78 Å². The maximum absolute atomic E-state index is 12.3. The van der Waals surface area contributed by atoms with Crippen molar-refractivity contribution in [3.63, 3.8) is 0 Å². The van der Waals surface area contributed by atoms with Crippen LogP contribution in [0.3, 0.4) is 0 Å². The predicted octanol–water partition coefficient (Wildman–Crippen LogP) is -0.973. The number of carbonyl (C=O) groups is 1.